The molecule has 1 saturated carbocycles. The van der Waals surface area contributed by atoms with Crippen molar-refractivity contribution in [1.29, 1.82) is 0 Å². The predicted octanol–water partition coefficient (Wildman–Crippen LogP) is 4.23. The fraction of sp³-hybridized carbons (Fsp3) is 0.316. The zero-order chi connectivity index (χ0) is 14.7. The van der Waals surface area contributed by atoms with Gasteiger partial charge in [0.2, 0.25) is 0 Å². The molecule has 1 unspecified atom stereocenters. The Morgan fingerprint density at radius 2 is 1.71 bits per heavy atom. The summed E-state index contributed by atoms with van der Waals surface area (Å²) in [7, 11) is 0. The summed E-state index contributed by atoms with van der Waals surface area (Å²) in [6.45, 7) is 0. The van der Waals surface area contributed by atoms with E-state index in [1.54, 1.807) is 0 Å². The molecule has 21 heavy (non-hydrogen) atoms. The molecule has 0 aromatic heterocycles. The van der Waals surface area contributed by atoms with Crippen molar-refractivity contribution in [1.82, 2.24) is 0 Å². The van der Waals surface area contributed by atoms with Crippen LogP contribution in [0, 0.1) is 0 Å². The summed E-state index contributed by atoms with van der Waals surface area (Å²) in [5, 5.41) is 0. The molecular weight excluding hydrogens is 258 g/mol. The van der Waals surface area contributed by atoms with Crippen molar-refractivity contribution in [3.05, 3.63) is 71.3 Å². The quantitative estimate of drug-likeness (QED) is 0.832. The lowest BCUT2D eigenvalue weighted by atomic mass is 9.80. The molecule has 0 bridgehead atoms. The first kappa shape index (κ1) is 14.0. The van der Waals surface area contributed by atoms with E-state index in [0.29, 0.717) is 12.3 Å². The van der Waals surface area contributed by atoms with E-state index in [1.807, 2.05) is 42.5 Å². The largest absolute Gasteiger partial charge is 0.324 e. The maximum Gasteiger partial charge on any atom is 0.164 e. The van der Waals surface area contributed by atoms with Gasteiger partial charge in [0.05, 0.1) is 0 Å². The van der Waals surface area contributed by atoms with Gasteiger partial charge in [0, 0.05) is 18.0 Å². The lowest BCUT2D eigenvalue weighted by molar-refractivity contribution is 0.0974. The van der Waals surface area contributed by atoms with Crippen LogP contribution in [0.1, 0.15) is 59.1 Å². The summed E-state index contributed by atoms with van der Waals surface area (Å²) >= 11 is 0. The number of carbonyl (C=O) groups is 1. The van der Waals surface area contributed by atoms with Crippen LogP contribution in [-0.4, -0.2) is 5.78 Å². The molecule has 2 heteroatoms. The molecule has 0 heterocycles. The standard InChI is InChI=1S/C19H21NO/c20-18(16-5-2-1-3-6-16)13-19(21)17-11-9-15(10-12-17)14-7-4-8-14/h1-3,5-6,9-12,14,18H,4,7-8,13,20H2. The molecule has 1 aliphatic rings. The minimum absolute atomic E-state index is 0.117. The van der Waals surface area contributed by atoms with Gasteiger partial charge in [-0.15, -0.1) is 0 Å². The summed E-state index contributed by atoms with van der Waals surface area (Å²) < 4.78 is 0. The smallest absolute Gasteiger partial charge is 0.164 e. The Kier molecular flexibility index (Phi) is 4.16. The zero-order valence-electron chi connectivity index (χ0n) is 12.2. The van der Waals surface area contributed by atoms with Gasteiger partial charge in [0.1, 0.15) is 0 Å². The van der Waals surface area contributed by atoms with Crippen LogP contribution in [-0.2, 0) is 0 Å². The van der Waals surface area contributed by atoms with Crippen molar-refractivity contribution in [3.63, 3.8) is 0 Å². The highest BCUT2D eigenvalue weighted by atomic mass is 16.1. The molecule has 0 radical (unpaired) electrons. The third-order valence-electron chi connectivity index (χ3n) is 4.44. The summed E-state index contributed by atoms with van der Waals surface area (Å²) in [6, 6.07) is 17.7. The maximum absolute atomic E-state index is 12.3. The van der Waals surface area contributed by atoms with Gasteiger partial charge < -0.3 is 5.73 Å². The molecule has 2 aromatic carbocycles. The van der Waals surface area contributed by atoms with E-state index in [2.05, 4.69) is 12.1 Å². The van der Waals surface area contributed by atoms with Crippen molar-refractivity contribution in [2.75, 3.05) is 0 Å². The first-order chi connectivity index (χ1) is 10.2. The van der Waals surface area contributed by atoms with Gasteiger partial charge in [0.25, 0.3) is 0 Å². The Bertz CT molecular complexity index is 599. The van der Waals surface area contributed by atoms with Crippen LogP contribution in [0.4, 0.5) is 0 Å². The Labute approximate surface area is 126 Å². The van der Waals surface area contributed by atoms with Gasteiger partial charge in [-0.3, -0.25) is 4.79 Å². The van der Waals surface area contributed by atoms with Gasteiger partial charge >= 0.3 is 0 Å². The highest BCUT2D eigenvalue weighted by Gasteiger charge is 2.20. The molecule has 0 saturated heterocycles. The third kappa shape index (κ3) is 3.22. The number of ketones is 1. The summed E-state index contributed by atoms with van der Waals surface area (Å²) in [5.41, 5.74) is 9.27. The molecule has 0 spiro atoms. The van der Waals surface area contributed by atoms with Crippen molar-refractivity contribution < 1.29 is 4.79 Å². The van der Waals surface area contributed by atoms with Crippen LogP contribution in [0.3, 0.4) is 0 Å². The van der Waals surface area contributed by atoms with Crippen molar-refractivity contribution in [2.45, 2.75) is 37.6 Å². The highest BCUT2D eigenvalue weighted by Crippen LogP contribution is 2.36. The van der Waals surface area contributed by atoms with Crippen LogP contribution in [0.25, 0.3) is 0 Å². The van der Waals surface area contributed by atoms with Gasteiger partial charge in [-0.2, -0.15) is 0 Å². The van der Waals surface area contributed by atoms with Crippen LogP contribution in [0.15, 0.2) is 54.6 Å². The minimum atomic E-state index is -0.231. The van der Waals surface area contributed by atoms with E-state index in [9.17, 15) is 4.79 Å². The van der Waals surface area contributed by atoms with E-state index < -0.39 is 0 Å². The van der Waals surface area contributed by atoms with Crippen molar-refractivity contribution >= 4 is 5.78 Å². The van der Waals surface area contributed by atoms with Crippen LogP contribution < -0.4 is 5.73 Å². The Morgan fingerprint density at radius 3 is 2.29 bits per heavy atom. The molecule has 3 rings (SSSR count). The molecule has 1 fully saturated rings. The molecule has 1 aliphatic carbocycles. The van der Waals surface area contributed by atoms with Crippen molar-refractivity contribution in [3.8, 4) is 0 Å². The van der Waals surface area contributed by atoms with Crippen LogP contribution >= 0.6 is 0 Å². The Morgan fingerprint density at radius 1 is 1.05 bits per heavy atom. The number of nitrogens with two attached hydrogens (primary N) is 1. The molecule has 0 aliphatic heterocycles. The van der Waals surface area contributed by atoms with E-state index in [0.717, 1.165) is 11.1 Å². The second-order valence-corrected chi connectivity index (χ2v) is 5.89. The number of hydrogen-bond donors (Lipinski definition) is 1. The number of benzene rings is 2. The molecular formula is C19H21NO. The molecule has 1 atom stereocenters. The first-order valence-electron chi connectivity index (χ1n) is 7.68. The van der Waals surface area contributed by atoms with Gasteiger partial charge in [-0.1, -0.05) is 61.0 Å². The summed E-state index contributed by atoms with van der Waals surface area (Å²) in [5.74, 6) is 0.826. The van der Waals surface area contributed by atoms with E-state index in [-0.39, 0.29) is 11.8 Å². The topological polar surface area (TPSA) is 43.1 Å². The predicted molar refractivity (Wildman–Crippen MR) is 85.4 cm³/mol. The average molecular weight is 279 g/mol. The second kappa shape index (κ2) is 6.23. The van der Waals surface area contributed by atoms with E-state index >= 15 is 0 Å². The number of hydrogen-bond acceptors (Lipinski definition) is 2. The number of Topliss-reactive ketones (excluding diaryl/α,β-unsaturated/α-hetero) is 1. The zero-order valence-corrected chi connectivity index (χ0v) is 12.2. The fourth-order valence-corrected chi connectivity index (χ4v) is 2.82. The summed E-state index contributed by atoms with van der Waals surface area (Å²) in [4.78, 5) is 12.3. The van der Waals surface area contributed by atoms with Crippen molar-refractivity contribution in [2.24, 2.45) is 5.73 Å². The third-order valence-corrected chi connectivity index (χ3v) is 4.44. The molecule has 108 valence electrons. The average Bonchev–Trinajstić information content (AvgIpc) is 2.47. The molecule has 2 nitrogen and oxygen atoms in total. The first-order valence-corrected chi connectivity index (χ1v) is 7.68. The van der Waals surface area contributed by atoms with Gasteiger partial charge in [0.15, 0.2) is 5.78 Å². The van der Waals surface area contributed by atoms with Crippen LogP contribution in [0.2, 0.25) is 0 Å². The van der Waals surface area contributed by atoms with E-state index in [1.165, 1.54) is 24.8 Å². The number of carbonyl (C=O) groups excluding carboxylic acids is 1. The fourth-order valence-electron chi connectivity index (χ4n) is 2.82. The Hall–Kier alpha value is -1.93. The molecule has 2 aromatic rings. The molecule has 0 amide bonds. The second-order valence-electron chi connectivity index (χ2n) is 5.89. The maximum atomic E-state index is 12.3. The van der Waals surface area contributed by atoms with Gasteiger partial charge in [-0.05, 0) is 29.9 Å². The lowest BCUT2D eigenvalue weighted by Gasteiger charge is -2.25. The SMILES string of the molecule is NC(CC(=O)c1ccc(C2CCC2)cc1)c1ccccc1. The van der Waals surface area contributed by atoms with Crippen LogP contribution in [0.5, 0.6) is 0 Å². The molecule has 2 N–H and O–H groups in total. The van der Waals surface area contributed by atoms with Gasteiger partial charge in [-0.25, -0.2) is 0 Å². The van der Waals surface area contributed by atoms with E-state index in [4.69, 9.17) is 5.73 Å². The number of rotatable bonds is 5. The minimum Gasteiger partial charge on any atom is -0.324 e. The highest BCUT2D eigenvalue weighted by molar-refractivity contribution is 5.96. The lowest BCUT2D eigenvalue weighted by Crippen LogP contribution is -2.15. The Balaban J connectivity index is 1.64. The monoisotopic (exact) mass is 279 g/mol. The summed E-state index contributed by atoms with van der Waals surface area (Å²) in [6.07, 6.45) is 4.25. The normalized spacial score (nSPS) is 16.2.